The Morgan fingerprint density at radius 3 is 2.50 bits per heavy atom. The quantitative estimate of drug-likeness (QED) is 0.876. The Balaban J connectivity index is 1.57. The van der Waals surface area contributed by atoms with E-state index in [-0.39, 0.29) is 22.8 Å². The highest BCUT2D eigenvalue weighted by molar-refractivity contribution is 7.15. The van der Waals surface area contributed by atoms with E-state index in [1.807, 2.05) is 6.92 Å². The number of hydrogen-bond acceptors (Lipinski definition) is 5. The Morgan fingerprint density at radius 2 is 1.92 bits per heavy atom. The minimum absolute atomic E-state index is 0.0178. The van der Waals surface area contributed by atoms with Crippen molar-refractivity contribution >= 4 is 28.3 Å². The number of carbonyl (C=O) groups is 2. The molecule has 0 unspecified atom stereocenters. The van der Waals surface area contributed by atoms with Crippen LogP contribution in [-0.4, -0.2) is 27.6 Å². The molecular formula is C17H24N4O2S. The van der Waals surface area contributed by atoms with E-state index in [4.69, 9.17) is 0 Å². The van der Waals surface area contributed by atoms with Gasteiger partial charge in [-0.3, -0.25) is 9.59 Å². The lowest BCUT2D eigenvalue weighted by molar-refractivity contribution is -0.148. The molecule has 0 radical (unpaired) electrons. The molecule has 0 aromatic carbocycles. The standard InChI is InChI=1S/C17H24N4O2S/c1-3-13-20-21-15(24-13)18-14(23)16-5-11-4-12(6-16)8-17(7-11,9-16)19-10(2)22/h11-12H,3-9H2,1-2H3,(H,19,22)(H,18,21,23)/t11-,12-,16?,17?/m1/s1. The number of nitrogens with one attached hydrogen (secondary N) is 2. The number of aryl methyl sites for hydroxylation is 1. The fourth-order valence-electron chi connectivity index (χ4n) is 5.72. The molecule has 4 fully saturated rings. The summed E-state index contributed by atoms with van der Waals surface area (Å²) >= 11 is 1.45. The summed E-state index contributed by atoms with van der Waals surface area (Å²) in [5, 5.41) is 15.9. The van der Waals surface area contributed by atoms with Crippen LogP contribution in [0.15, 0.2) is 0 Å². The van der Waals surface area contributed by atoms with Gasteiger partial charge in [0, 0.05) is 12.5 Å². The molecule has 6 nitrogen and oxygen atoms in total. The van der Waals surface area contributed by atoms with Gasteiger partial charge in [-0.2, -0.15) is 0 Å². The van der Waals surface area contributed by atoms with Crippen molar-refractivity contribution in [1.29, 1.82) is 0 Å². The Bertz CT molecular complexity index is 672. The van der Waals surface area contributed by atoms with Crippen LogP contribution < -0.4 is 10.6 Å². The number of aromatic nitrogens is 2. The summed E-state index contributed by atoms with van der Waals surface area (Å²) in [5.41, 5.74) is -0.534. The van der Waals surface area contributed by atoms with Crippen LogP contribution in [0.25, 0.3) is 0 Å². The Hall–Kier alpha value is -1.50. The molecule has 0 saturated heterocycles. The van der Waals surface area contributed by atoms with Crippen molar-refractivity contribution in [1.82, 2.24) is 15.5 Å². The second-order valence-corrected chi connectivity index (χ2v) is 9.07. The predicted octanol–water partition coefficient (Wildman–Crippen LogP) is 2.51. The van der Waals surface area contributed by atoms with Crippen LogP contribution in [-0.2, 0) is 16.0 Å². The molecule has 2 N–H and O–H groups in total. The fraction of sp³-hybridized carbons (Fsp3) is 0.765. The second-order valence-electron chi connectivity index (χ2n) is 8.01. The molecule has 7 heteroatoms. The summed E-state index contributed by atoms with van der Waals surface area (Å²) in [6.07, 6.45) is 6.72. The van der Waals surface area contributed by atoms with E-state index in [1.165, 1.54) is 17.8 Å². The maximum Gasteiger partial charge on any atom is 0.232 e. The van der Waals surface area contributed by atoms with Crippen LogP contribution >= 0.6 is 11.3 Å². The third kappa shape index (κ3) is 2.62. The summed E-state index contributed by atoms with van der Waals surface area (Å²) < 4.78 is 0. The predicted molar refractivity (Wildman–Crippen MR) is 91.6 cm³/mol. The average Bonchev–Trinajstić information content (AvgIpc) is 2.92. The monoisotopic (exact) mass is 348 g/mol. The molecule has 2 amide bonds. The maximum atomic E-state index is 13.1. The van der Waals surface area contributed by atoms with Crippen LogP contribution in [0.3, 0.4) is 0 Å². The minimum Gasteiger partial charge on any atom is -0.351 e. The number of anilines is 1. The second kappa shape index (κ2) is 5.51. The topological polar surface area (TPSA) is 84.0 Å². The number of amides is 2. The largest absolute Gasteiger partial charge is 0.351 e. The Labute approximate surface area is 145 Å². The van der Waals surface area contributed by atoms with Crippen molar-refractivity contribution in [2.75, 3.05) is 5.32 Å². The van der Waals surface area contributed by atoms with Gasteiger partial charge in [0.15, 0.2) is 0 Å². The molecule has 5 rings (SSSR count). The van der Waals surface area contributed by atoms with E-state index in [0.717, 1.165) is 43.5 Å². The van der Waals surface area contributed by atoms with Crippen LogP contribution in [0.2, 0.25) is 0 Å². The third-order valence-corrected chi connectivity index (χ3v) is 6.96. The summed E-state index contributed by atoms with van der Waals surface area (Å²) in [7, 11) is 0. The van der Waals surface area contributed by atoms with Gasteiger partial charge in [-0.25, -0.2) is 0 Å². The zero-order valence-electron chi connectivity index (χ0n) is 14.2. The maximum absolute atomic E-state index is 13.1. The number of carbonyl (C=O) groups excluding carboxylic acids is 2. The van der Waals surface area contributed by atoms with Crippen molar-refractivity contribution in [3.8, 4) is 0 Å². The number of rotatable bonds is 4. The molecule has 130 valence electrons. The van der Waals surface area contributed by atoms with Crippen molar-refractivity contribution in [3.63, 3.8) is 0 Å². The molecule has 0 spiro atoms. The number of nitrogens with zero attached hydrogens (tertiary/aromatic N) is 2. The molecule has 4 saturated carbocycles. The average molecular weight is 348 g/mol. The lowest BCUT2D eigenvalue weighted by Crippen LogP contribution is -2.65. The highest BCUT2D eigenvalue weighted by atomic mass is 32.1. The fourth-order valence-corrected chi connectivity index (χ4v) is 6.40. The summed E-state index contributed by atoms with van der Waals surface area (Å²) in [4.78, 5) is 24.8. The Kier molecular flexibility index (Phi) is 3.67. The molecular weight excluding hydrogens is 324 g/mol. The minimum atomic E-state index is -0.357. The SMILES string of the molecule is CCc1nnc(NC(=O)C23C[C@H]4C[C@@H](CC(NC(C)=O)(C4)C2)C3)s1. The highest BCUT2D eigenvalue weighted by Gasteiger charge is 2.60. The van der Waals surface area contributed by atoms with Gasteiger partial charge in [0.25, 0.3) is 0 Å². The van der Waals surface area contributed by atoms with Gasteiger partial charge >= 0.3 is 0 Å². The third-order valence-electron chi connectivity index (χ3n) is 5.97. The van der Waals surface area contributed by atoms with Gasteiger partial charge < -0.3 is 10.6 Å². The first-order chi connectivity index (χ1) is 11.4. The highest BCUT2D eigenvalue weighted by Crippen LogP contribution is 2.61. The van der Waals surface area contributed by atoms with E-state index < -0.39 is 0 Å². The smallest absolute Gasteiger partial charge is 0.232 e. The van der Waals surface area contributed by atoms with Crippen LogP contribution in [0.1, 0.15) is 57.4 Å². The van der Waals surface area contributed by atoms with Crippen molar-refractivity contribution in [2.24, 2.45) is 17.3 Å². The molecule has 4 aliphatic carbocycles. The van der Waals surface area contributed by atoms with Crippen molar-refractivity contribution in [2.45, 2.75) is 64.3 Å². The van der Waals surface area contributed by atoms with E-state index in [2.05, 4.69) is 20.8 Å². The lowest BCUT2D eigenvalue weighted by Gasteiger charge is -2.61. The normalized spacial score (nSPS) is 36.6. The Morgan fingerprint density at radius 1 is 1.21 bits per heavy atom. The van der Waals surface area contributed by atoms with Crippen LogP contribution in [0.5, 0.6) is 0 Å². The molecule has 4 bridgehead atoms. The van der Waals surface area contributed by atoms with Crippen LogP contribution in [0, 0.1) is 17.3 Å². The van der Waals surface area contributed by atoms with Crippen molar-refractivity contribution < 1.29 is 9.59 Å². The first-order valence-corrected chi connectivity index (χ1v) is 9.66. The molecule has 0 aliphatic heterocycles. The van der Waals surface area contributed by atoms with Gasteiger partial charge in [0.05, 0.1) is 5.41 Å². The zero-order valence-corrected chi connectivity index (χ0v) is 15.0. The summed E-state index contributed by atoms with van der Waals surface area (Å²) in [6.45, 7) is 3.61. The van der Waals surface area contributed by atoms with Gasteiger partial charge in [0.1, 0.15) is 5.01 Å². The zero-order chi connectivity index (χ0) is 16.9. The molecule has 24 heavy (non-hydrogen) atoms. The van der Waals surface area contributed by atoms with Gasteiger partial charge in [-0.1, -0.05) is 18.3 Å². The molecule has 2 atom stereocenters. The summed E-state index contributed by atoms with van der Waals surface area (Å²) in [5.74, 6) is 1.18. The molecule has 1 aromatic rings. The number of hydrogen-bond donors (Lipinski definition) is 2. The first kappa shape index (κ1) is 16.0. The van der Waals surface area contributed by atoms with Gasteiger partial charge in [0.2, 0.25) is 16.9 Å². The van der Waals surface area contributed by atoms with Crippen LogP contribution in [0.4, 0.5) is 5.13 Å². The summed E-state index contributed by atoms with van der Waals surface area (Å²) in [6, 6.07) is 0. The van der Waals surface area contributed by atoms with E-state index in [0.29, 0.717) is 17.0 Å². The van der Waals surface area contributed by atoms with Crippen molar-refractivity contribution in [3.05, 3.63) is 5.01 Å². The lowest BCUT2D eigenvalue weighted by atomic mass is 9.46. The van der Waals surface area contributed by atoms with Gasteiger partial charge in [-0.15, -0.1) is 10.2 Å². The van der Waals surface area contributed by atoms with Gasteiger partial charge in [-0.05, 0) is 56.8 Å². The van der Waals surface area contributed by atoms with E-state index >= 15 is 0 Å². The molecule has 1 heterocycles. The first-order valence-electron chi connectivity index (χ1n) is 8.85. The molecule has 1 aromatic heterocycles. The van der Waals surface area contributed by atoms with E-state index in [1.54, 1.807) is 6.92 Å². The van der Waals surface area contributed by atoms with E-state index in [9.17, 15) is 9.59 Å². The molecule has 4 aliphatic rings.